The second kappa shape index (κ2) is 105. The van der Waals surface area contributed by atoms with Gasteiger partial charge in [0.25, 0.3) is 0 Å². The van der Waals surface area contributed by atoms with Crippen LogP contribution >= 0.6 is 60.7 Å². The Morgan fingerprint density at radius 3 is 0.714 bits per heavy atom. The molecule has 0 aromatic carbocycles. The summed E-state index contributed by atoms with van der Waals surface area (Å²) in [6.07, 6.45) is 0. The normalized spacial score (nSPS) is 1.29. The maximum Gasteiger partial charge on any atom is 0.109 e. The molecule has 0 heterocycles. The van der Waals surface area contributed by atoms with Gasteiger partial charge in [0, 0.05) is 0 Å². The van der Waals surface area contributed by atoms with E-state index in [0.29, 0.717) is 0 Å². The van der Waals surface area contributed by atoms with Crippen LogP contribution in [0.1, 0.15) is 0 Å². The standard InChI is InChI=1S/ClH3Si.4ClH.H4Si/c1-2;;;;;/h2H3;4*1H;1H4. The zero-order valence-electron chi connectivity index (χ0n) is 3.01. The quantitative estimate of drug-likeness (QED) is 0.407. The lowest BCUT2D eigenvalue weighted by atomic mass is 28.0. The molecule has 0 aliphatic heterocycles. The number of halogens is 5. The van der Waals surface area contributed by atoms with Crippen molar-refractivity contribution >= 4 is 81.2 Å². The fraction of sp³-hybridized carbons (Fsp3) is 0. The molecule has 0 saturated heterocycles. The molecule has 0 saturated carbocycles. The van der Waals surface area contributed by atoms with Gasteiger partial charge in [-0.05, 0) is 11.0 Å². The van der Waals surface area contributed by atoms with Crippen LogP contribution in [0.3, 0.4) is 0 Å². The van der Waals surface area contributed by atoms with Gasteiger partial charge in [0.2, 0.25) is 0 Å². The Balaban J connectivity index is -0.000000000500. The van der Waals surface area contributed by atoms with Crippen molar-refractivity contribution in [1.82, 2.24) is 0 Å². The van der Waals surface area contributed by atoms with Crippen molar-refractivity contribution in [3.05, 3.63) is 0 Å². The number of rotatable bonds is 0. The van der Waals surface area contributed by atoms with E-state index in [-0.39, 0.29) is 60.6 Å². The van der Waals surface area contributed by atoms with Crippen LogP contribution in [0.15, 0.2) is 0 Å². The van der Waals surface area contributed by atoms with Crippen molar-refractivity contribution in [1.29, 1.82) is 0 Å². The number of hydrogen-bond donors (Lipinski definition) is 0. The average molecular weight is 245 g/mol. The van der Waals surface area contributed by atoms with Crippen molar-refractivity contribution in [2.75, 3.05) is 0 Å². The molecule has 0 aliphatic rings. The van der Waals surface area contributed by atoms with Crippen LogP contribution in [0.5, 0.6) is 0 Å². The summed E-state index contributed by atoms with van der Waals surface area (Å²) in [4.78, 5) is 0. The molecule has 0 bridgehead atoms. The second-order valence-electron chi connectivity index (χ2n) is 0. The van der Waals surface area contributed by atoms with E-state index in [4.69, 9.17) is 11.1 Å². The van der Waals surface area contributed by atoms with Crippen LogP contribution in [0.4, 0.5) is 0 Å². The third-order valence-corrected chi connectivity index (χ3v) is 0. The van der Waals surface area contributed by atoms with Gasteiger partial charge in [0.05, 0.1) is 0 Å². The van der Waals surface area contributed by atoms with Gasteiger partial charge in [-0.1, -0.05) is 0 Å². The lowest BCUT2D eigenvalue weighted by Crippen LogP contribution is -0.980. The molecule has 0 spiro atoms. The van der Waals surface area contributed by atoms with E-state index in [2.05, 4.69) is 0 Å². The van der Waals surface area contributed by atoms with E-state index >= 15 is 0 Å². The summed E-state index contributed by atoms with van der Waals surface area (Å²) in [5, 5.41) is 0. The highest BCUT2D eigenvalue weighted by atomic mass is 35.6. The van der Waals surface area contributed by atoms with Crippen LogP contribution < -0.4 is 0 Å². The minimum Gasteiger partial charge on any atom is -0.181 e. The third kappa shape index (κ3) is 76.9. The Bertz CT molecular complexity index is 6.04. The van der Waals surface area contributed by atoms with Crippen LogP contribution in [0.2, 0.25) is 0 Å². The average Bonchev–Trinajstić information content (AvgIpc) is 1.00. The molecular weight excluding hydrogens is 233 g/mol. The Kier molecular flexibility index (Phi) is 999. The van der Waals surface area contributed by atoms with Gasteiger partial charge in [-0.25, -0.2) is 0 Å². The SMILES string of the molecule is Cl.Cl.Cl.Cl.[SiH3]Cl.[SiH4]. The maximum absolute atomic E-state index is 4.78. The topological polar surface area (TPSA) is 0 Å². The van der Waals surface area contributed by atoms with Crippen molar-refractivity contribution in [3.63, 3.8) is 0 Å². The first-order valence-electron chi connectivity index (χ1n) is 0.378. The van der Waals surface area contributed by atoms with E-state index < -0.39 is 0 Å². The predicted octanol–water partition coefficient (Wildman–Crippen LogP) is -0.259. The second-order valence-corrected chi connectivity index (χ2v) is 0. The van der Waals surface area contributed by atoms with E-state index in [9.17, 15) is 0 Å². The fourth-order valence-corrected chi connectivity index (χ4v) is 0. The Labute approximate surface area is 80.9 Å². The van der Waals surface area contributed by atoms with Crippen LogP contribution in [0.25, 0.3) is 0 Å². The van der Waals surface area contributed by atoms with Gasteiger partial charge in [0.15, 0.2) is 0 Å². The molecule has 0 N–H and O–H groups in total. The molecule has 7 heavy (non-hydrogen) atoms. The Morgan fingerprint density at radius 1 is 0.714 bits per heavy atom. The van der Waals surface area contributed by atoms with Crippen molar-refractivity contribution in [2.24, 2.45) is 0 Å². The van der Waals surface area contributed by atoms with Crippen LogP contribution in [-0.4, -0.2) is 20.5 Å². The molecule has 0 aromatic heterocycles. The van der Waals surface area contributed by atoms with Gasteiger partial charge in [0.1, 0.15) is 9.55 Å². The molecule has 0 radical (unpaired) electrons. The van der Waals surface area contributed by atoms with Crippen molar-refractivity contribution in [3.8, 4) is 0 Å². The molecule has 7 heteroatoms. The van der Waals surface area contributed by atoms with E-state index in [0.717, 1.165) is 9.55 Å². The molecule has 0 rings (SSSR count). The van der Waals surface area contributed by atoms with Gasteiger partial charge in [-0.3, -0.25) is 0 Å². The first kappa shape index (κ1) is 66.4. The first-order valence-corrected chi connectivity index (χ1v) is 3.40. The monoisotopic (exact) mass is 242 g/mol. The van der Waals surface area contributed by atoms with Crippen molar-refractivity contribution in [2.45, 2.75) is 0 Å². The molecule has 0 nitrogen and oxygen atoms in total. The minimum absolute atomic E-state index is 0. The van der Waals surface area contributed by atoms with Gasteiger partial charge in [-0.2, -0.15) is 11.1 Å². The fourth-order valence-electron chi connectivity index (χ4n) is 0. The molecule has 0 amide bonds. The summed E-state index contributed by atoms with van der Waals surface area (Å²) < 4.78 is 0. The smallest absolute Gasteiger partial charge is 0.109 e. The van der Waals surface area contributed by atoms with Crippen LogP contribution in [-0.2, 0) is 0 Å². The molecule has 0 aromatic rings. The minimum atomic E-state index is 0. The highest BCUT2D eigenvalue weighted by Gasteiger charge is 0.975. The van der Waals surface area contributed by atoms with E-state index in [1.807, 2.05) is 0 Å². The van der Waals surface area contributed by atoms with Crippen LogP contribution in [0, 0.1) is 0 Å². The van der Waals surface area contributed by atoms with Gasteiger partial charge < -0.3 is 0 Å². The maximum atomic E-state index is 4.78. The van der Waals surface area contributed by atoms with Crippen molar-refractivity contribution < 1.29 is 0 Å². The summed E-state index contributed by atoms with van der Waals surface area (Å²) in [6.45, 7) is 0. The molecule has 0 fully saturated rings. The molecule has 0 aliphatic carbocycles. The van der Waals surface area contributed by atoms with E-state index in [1.54, 1.807) is 0 Å². The van der Waals surface area contributed by atoms with Gasteiger partial charge in [-0.15, -0.1) is 49.6 Å². The summed E-state index contributed by atoms with van der Waals surface area (Å²) in [7, 11) is 0.778. The third-order valence-electron chi connectivity index (χ3n) is 0. The number of hydrogen-bond acceptors (Lipinski definition) is 0. The largest absolute Gasteiger partial charge is 0.181 e. The molecule has 0 unspecified atom stereocenters. The lowest BCUT2D eigenvalue weighted by molar-refractivity contribution is 4.80. The zero-order chi connectivity index (χ0) is 2.00. The first-order chi connectivity index (χ1) is 1.00. The summed E-state index contributed by atoms with van der Waals surface area (Å²) in [5.41, 5.74) is 0. The molecular formula is H11Cl5Si2. The molecule has 0 atom stereocenters. The summed E-state index contributed by atoms with van der Waals surface area (Å²) >= 11 is 4.78. The Morgan fingerprint density at radius 2 is 0.714 bits per heavy atom. The zero-order valence-corrected chi connectivity index (χ0v) is 9.03. The summed E-state index contributed by atoms with van der Waals surface area (Å²) in [5.74, 6) is 0. The predicted molar refractivity (Wildman–Crippen MR) is 56.1 cm³/mol. The lowest BCUT2D eigenvalue weighted by Gasteiger charge is -1.05. The summed E-state index contributed by atoms with van der Waals surface area (Å²) in [6, 6.07) is 0. The molecule has 54 valence electrons. The van der Waals surface area contributed by atoms with Gasteiger partial charge >= 0.3 is 0 Å². The van der Waals surface area contributed by atoms with E-state index in [1.165, 1.54) is 0 Å². The Hall–Kier alpha value is 1.88. The highest BCUT2D eigenvalue weighted by Crippen LogP contribution is 1.29. The highest BCUT2D eigenvalue weighted by molar-refractivity contribution is 6.80.